The number of nitrogens with zero attached hydrogens (tertiary/aromatic N) is 1. The first-order chi connectivity index (χ1) is 16.6. The third-order valence-corrected chi connectivity index (χ3v) is 6.57. The van der Waals surface area contributed by atoms with Gasteiger partial charge in [0.25, 0.3) is 5.91 Å². The van der Waals surface area contributed by atoms with E-state index >= 15 is 0 Å². The van der Waals surface area contributed by atoms with Gasteiger partial charge in [0.05, 0.1) is 19.0 Å². The van der Waals surface area contributed by atoms with E-state index in [4.69, 9.17) is 0 Å². The second-order valence-corrected chi connectivity index (χ2v) is 9.35. The molecule has 0 spiro atoms. The number of piperidine rings is 1. The van der Waals surface area contributed by atoms with Crippen molar-refractivity contribution in [2.45, 2.75) is 19.4 Å². The largest absolute Gasteiger partial charge is 0.347 e. The maximum atomic E-state index is 12.9. The Labute approximate surface area is 203 Å². The predicted molar refractivity (Wildman–Crippen MR) is 135 cm³/mol. The molecule has 7 nitrogen and oxygen atoms in total. The van der Waals surface area contributed by atoms with Crippen LogP contribution in [-0.4, -0.2) is 42.3 Å². The summed E-state index contributed by atoms with van der Waals surface area (Å²) in [6, 6.07) is 20.2. The van der Waals surface area contributed by atoms with Gasteiger partial charge in [0.2, 0.25) is 11.8 Å². The summed E-state index contributed by atoms with van der Waals surface area (Å²) in [5.74, 6) is -0.579. The normalized spacial score (nSPS) is 15.9. The lowest BCUT2D eigenvalue weighted by atomic mass is 9.97. The Kier molecular flexibility index (Phi) is 8.06. The van der Waals surface area contributed by atoms with Gasteiger partial charge in [-0.15, -0.1) is 11.3 Å². The van der Waals surface area contributed by atoms with E-state index in [0.717, 1.165) is 30.0 Å². The second kappa shape index (κ2) is 11.6. The third-order valence-electron chi connectivity index (χ3n) is 5.70. The number of amides is 3. The number of thiophene rings is 1. The van der Waals surface area contributed by atoms with Crippen LogP contribution in [0.4, 0.5) is 11.4 Å². The summed E-state index contributed by atoms with van der Waals surface area (Å²) in [7, 11) is 0. The van der Waals surface area contributed by atoms with Crippen molar-refractivity contribution < 1.29 is 14.4 Å². The molecule has 1 saturated heterocycles. The summed E-state index contributed by atoms with van der Waals surface area (Å²) in [4.78, 5) is 40.9. The number of carbonyl (C=O) groups excluding carboxylic acids is 3. The highest BCUT2D eigenvalue weighted by Gasteiger charge is 2.27. The SMILES string of the molecule is O=C(CN1CCCC(C(=O)Nc2cccc(C(=O)NCc3cccs3)c2)C1)Nc1ccccc1. The van der Waals surface area contributed by atoms with Crippen LogP contribution < -0.4 is 16.0 Å². The molecule has 4 rings (SSSR count). The second-order valence-electron chi connectivity index (χ2n) is 8.32. The molecule has 0 bridgehead atoms. The molecule has 34 heavy (non-hydrogen) atoms. The summed E-state index contributed by atoms with van der Waals surface area (Å²) >= 11 is 1.59. The van der Waals surface area contributed by atoms with Gasteiger partial charge in [0.1, 0.15) is 0 Å². The van der Waals surface area contributed by atoms with Crippen LogP contribution in [0.1, 0.15) is 28.1 Å². The third kappa shape index (κ3) is 6.76. The van der Waals surface area contributed by atoms with Crippen LogP contribution in [0, 0.1) is 5.92 Å². The Morgan fingerprint density at radius 2 is 1.76 bits per heavy atom. The van der Waals surface area contributed by atoms with Crippen LogP contribution in [-0.2, 0) is 16.1 Å². The van der Waals surface area contributed by atoms with Gasteiger partial charge in [-0.1, -0.05) is 30.3 Å². The lowest BCUT2D eigenvalue weighted by Gasteiger charge is -2.31. The molecule has 0 radical (unpaired) electrons. The number of hydrogen-bond acceptors (Lipinski definition) is 5. The lowest BCUT2D eigenvalue weighted by Crippen LogP contribution is -2.44. The highest BCUT2D eigenvalue weighted by atomic mass is 32.1. The molecular formula is C26H28N4O3S. The zero-order valence-corrected chi connectivity index (χ0v) is 19.6. The Morgan fingerprint density at radius 1 is 0.941 bits per heavy atom. The quantitative estimate of drug-likeness (QED) is 0.459. The fraction of sp³-hybridized carbons (Fsp3) is 0.269. The van der Waals surface area contributed by atoms with E-state index in [-0.39, 0.29) is 30.2 Å². The maximum Gasteiger partial charge on any atom is 0.251 e. The molecule has 3 N–H and O–H groups in total. The van der Waals surface area contributed by atoms with E-state index in [1.807, 2.05) is 52.7 Å². The average molecular weight is 477 g/mol. The average Bonchev–Trinajstić information content (AvgIpc) is 3.37. The molecule has 1 fully saturated rings. The Hall–Kier alpha value is -3.49. The smallest absolute Gasteiger partial charge is 0.251 e. The zero-order valence-electron chi connectivity index (χ0n) is 18.8. The van der Waals surface area contributed by atoms with E-state index in [0.29, 0.717) is 24.3 Å². The number of nitrogens with one attached hydrogen (secondary N) is 3. The summed E-state index contributed by atoms with van der Waals surface area (Å²) in [5, 5.41) is 10.7. The molecule has 176 valence electrons. The minimum atomic E-state index is -0.213. The standard InChI is InChI=1S/C26H28N4O3S/c31-24(28-21-9-2-1-3-10-21)18-30-13-5-8-20(17-30)26(33)29-22-11-4-7-19(15-22)25(32)27-16-23-12-6-14-34-23/h1-4,6-7,9-12,14-15,20H,5,8,13,16-18H2,(H,27,32)(H,28,31)(H,29,33). The number of hydrogen-bond donors (Lipinski definition) is 3. The van der Waals surface area contributed by atoms with Crippen LogP contribution in [0.2, 0.25) is 0 Å². The van der Waals surface area contributed by atoms with E-state index in [1.165, 1.54) is 0 Å². The molecule has 1 aliphatic rings. The Morgan fingerprint density at radius 3 is 2.56 bits per heavy atom. The number of rotatable bonds is 8. The predicted octanol–water partition coefficient (Wildman–Crippen LogP) is 3.97. The van der Waals surface area contributed by atoms with E-state index < -0.39 is 0 Å². The fourth-order valence-corrected chi connectivity index (χ4v) is 4.65. The molecule has 0 saturated carbocycles. The Bertz CT molecular complexity index is 1120. The van der Waals surface area contributed by atoms with Gasteiger partial charge >= 0.3 is 0 Å². The van der Waals surface area contributed by atoms with Gasteiger partial charge in [0.15, 0.2) is 0 Å². The molecule has 1 aliphatic heterocycles. The highest BCUT2D eigenvalue weighted by molar-refractivity contribution is 7.09. The molecule has 8 heteroatoms. The Balaban J connectivity index is 1.28. The van der Waals surface area contributed by atoms with E-state index in [9.17, 15) is 14.4 Å². The first-order valence-corrected chi connectivity index (χ1v) is 12.2. The maximum absolute atomic E-state index is 12.9. The molecule has 2 aromatic carbocycles. The summed E-state index contributed by atoms with van der Waals surface area (Å²) < 4.78 is 0. The molecular weight excluding hydrogens is 448 g/mol. The van der Waals surface area contributed by atoms with Crippen molar-refractivity contribution in [2.75, 3.05) is 30.3 Å². The van der Waals surface area contributed by atoms with Gasteiger partial charge in [-0.3, -0.25) is 19.3 Å². The molecule has 3 aromatic rings. The molecule has 1 atom stereocenters. The van der Waals surface area contributed by atoms with Gasteiger partial charge in [-0.2, -0.15) is 0 Å². The van der Waals surface area contributed by atoms with Gasteiger partial charge in [-0.25, -0.2) is 0 Å². The molecule has 2 heterocycles. The van der Waals surface area contributed by atoms with Crippen molar-refractivity contribution in [3.63, 3.8) is 0 Å². The van der Waals surface area contributed by atoms with Gasteiger partial charge in [0, 0.05) is 28.4 Å². The van der Waals surface area contributed by atoms with E-state index in [1.54, 1.807) is 35.6 Å². The monoisotopic (exact) mass is 476 g/mol. The van der Waals surface area contributed by atoms with Crippen molar-refractivity contribution in [2.24, 2.45) is 5.92 Å². The van der Waals surface area contributed by atoms with Crippen molar-refractivity contribution >= 4 is 40.4 Å². The summed E-state index contributed by atoms with van der Waals surface area (Å²) in [5.41, 5.74) is 1.85. The van der Waals surface area contributed by atoms with Crippen LogP contribution in [0.5, 0.6) is 0 Å². The van der Waals surface area contributed by atoms with Gasteiger partial charge in [-0.05, 0) is 61.2 Å². The van der Waals surface area contributed by atoms with Crippen molar-refractivity contribution in [3.8, 4) is 0 Å². The fourth-order valence-electron chi connectivity index (χ4n) is 4.00. The molecule has 1 aromatic heterocycles. The van der Waals surface area contributed by atoms with Crippen LogP contribution in [0.25, 0.3) is 0 Å². The lowest BCUT2D eigenvalue weighted by molar-refractivity contribution is -0.123. The number of benzene rings is 2. The number of para-hydroxylation sites is 1. The minimum Gasteiger partial charge on any atom is -0.347 e. The first kappa shape index (κ1) is 23.7. The molecule has 3 amide bonds. The van der Waals surface area contributed by atoms with E-state index in [2.05, 4.69) is 16.0 Å². The molecule has 1 unspecified atom stereocenters. The minimum absolute atomic E-state index is 0.0893. The number of anilines is 2. The van der Waals surface area contributed by atoms with Crippen LogP contribution in [0.3, 0.4) is 0 Å². The zero-order chi connectivity index (χ0) is 23.8. The first-order valence-electron chi connectivity index (χ1n) is 11.4. The van der Waals surface area contributed by atoms with Crippen LogP contribution in [0.15, 0.2) is 72.1 Å². The number of carbonyl (C=O) groups is 3. The topological polar surface area (TPSA) is 90.5 Å². The van der Waals surface area contributed by atoms with Crippen LogP contribution >= 0.6 is 11.3 Å². The molecule has 0 aliphatic carbocycles. The highest BCUT2D eigenvalue weighted by Crippen LogP contribution is 2.20. The number of likely N-dealkylation sites (tertiary alicyclic amines) is 1. The summed E-state index contributed by atoms with van der Waals surface area (Å²) in [6.07, 6.45) is 1.62. The summed E-state index contributed by atoms with van der Waals surface area (Å²) in [6.45, 7) is 2.03. The van der Waals surface area contributed by atoms with Gasteiger partial charge < -0.3 is 16.0 Å². The van der Waals surface area contributed by atoms with Crippen molar-refractivity contribution in [1.82, 2.24) is 10.2 Å². The van der Waals surface area contributed by atoms with Crippen molar-refractivity contribution in [3.05, 3.63) is 82.6 Å². The van der Waals surface area contributed by atoms with Crippen molar-refractivity contribution in [1.29, 1.82) is 0 Å².